The van der Waals surface area contributed by atoms with Crippen LogP contribution in [0.3, 0.4) is 0 Å². The molecule has 2 aromatic heterocycles. The molecule has 28 heavy (non-hydrogen) atoms. The number of hydrogen-bond acceptors (Lipinski definition) is 6. The summed E-state index contributed by atoms with van der Waals surface area (Å²) in [6, 6.07) is 8.12. The van der Waals surface area contributed by atoms with Crippen LogP contribution in [0, 0.1) is 11.3 Å². The van der Waals surface area contributed by atoms with Gasteiger partial charge in [0.2, 0.25) is 0 Å². The van der Waals surface area contributed by atoms with Crippen molar-refractivity contribution >= 4 is 11.2 Å². The first-order valence-corrected chi connectivity index (χ1v) is 10.4. The van der Waals surface area contributed by atoms with Crippen molar-refractivity contribution in [3.05, 3.63) is 30.1 Å². The van der Waals surface area contributed by atoms with Crippen LogP contribution in [0.4, 0.5) is 5.69 Å². The molecule has 148 valence electrons. The van der Waals surface area contributed by atoms with Crippen LogP contribution in [-0.2, 0) is 4.74 Å². The predicted octanol–water partition coefficient (Wildman–Crippen LogP) is 1.63. The molecule has 1 N–H and O–H groups in total. The number of nitrogens with zero attached hydrogens (tertiary/aromatic N) is 5. The zero-order valence-corrected chi connectivity index (χ0v) is 16.5. The van der Waals surface area contributed by atoms with E-state index in [0.29, 0.717) is 11.2 Å². The number of fused-ring (bicyclic) bond motifs is 1. The van der Waals surface area contributed by atoms with Gasteiger partial charge >= 0.3 is 0 Å². The number of nitrogens with one attached hydrogen (secondary N) is 1. The molecule has 5 rings (SSSR count). The van der Waals surface area contributed by atoms with Gasteiger partial charge in [-0.1, -0.05) is 0 Å². The van der Waals surface area contributed by atoms with Crippen molar-refractivity contribution in [2.24, 2.45) is 0 Å². The maximum Gasteiger partial charge on any atom is 0.142 e. The Morgan fingerprint density at radius 2 is 2.07 bits per heavy atom. The fourth-order valence-corrected chi connectivity index (χ4v) is 5.05. The maximum atomic E-state index is 9.33. The van der Waals surface area contributed by atoms with Crippen LogP contribution in [0.2, 0.25) is 0 Å². The van der Waals surface area contributed by atoms with Gasteiger partial charge in [0.15, 0.2) is 0 Å². The Bertz CT molecular complexity index is 888. The largest absolute Gasteiger partial charge is 0.370 e. The van der Waals surface area contributed by atoms with E-state index in [2.05, 4.69) is 39.3 Å². The number of hydrogen-bond donors (Lipinski definition) is 1. The molecule has 0 unspecified atom stereocenters. The molecule has 0 aliphatic carbocycles. The molecule has 0 radical (unpaired) electrons. The van der Waals surface area contributed by atoms with Gasteiger partial charge in [-0.05, 0) is 64.0 Å². The van der Waals surface area contributed by atoms with Crippen LogP contribution in [0.1, 0.15) is 31.9 Å². The number of ether oxygens (including phenoxy) is 1. The third kappa shape index (κ3) is 3.16. The first kappa shape index (κ1) is 17.9. The molecule has 0 bridgehead atoms. The molecule has 2 aromatic rings. The van der Waals surface area contributed by atoms with Crippen molar-refractivity contribution in [1.82, 2.24) is 19.8 Å². The molecule has 3 saturated heterocycles. The Morgan fingerprint density at radius 3 is 2.79 bits per heavy atom. The highest BCUT2D eigenvalue weighted by molar-refractivity contribution is 5.74. The second-order valence-electron chi connectivity index (χ2n) is 8.58. The summed E-state index contributed by atoms with van der Waals surface area (Å²) in [5, 5.41) is 17.3. The minimum Gasteiger partial charge on any atom is -0.370 e. The van der Waals surface area contributed by atoms with E-state index in [4.69, 9.17) is 4.74 Å². The molecule has 0 saturated carbocycles. The summed E-state index contributed by atoms with van der Waals surface area (Å²) in [6.45, 7) is 8.37. The molecule has 2 atom stereocenters. The van der Waals surface area contributed by atoms with E-state index in [1.54, 1.807) is 10.7 Å². The second-order valence-corrected chi connectivity index (χ2v) is 8.58. The van der Waals surface area contributed by atoms with Crippen molar-refractivity contribution in [1.29, 1.82) is 5.26 Å². The lowest BCUT2D eigenvalue weighted by Gasteiger charge is -2.49. The predicted molar refractivity (Wildman–Crippen MR) is 107 cm³/mol. The highest BCUT2D eigenvalue weighted by Crippen LogP contribution is 2.32. The van der Waals surface area contributed by atoms with Crippen LogP contribution in [0.15, 0.2) is 24.4 Å². The number of likely N-dealkylation sites (tertiary alicyclic amines) is 1. The lowest BCUT2D eigenvalue weighted by molar-refractivity contribution is -0.0405. The summed E-state index contributed by atoms with van der Waals surface area (Å²) in [6.07, 6.45) is 5.99. The van der Waals surface area contributed by atoms with Crippen molar-refractivity contribution < 1.29 is 4.74 Å². The Balaban J connectivity index is 1.29. The van der Waals surface area contributed by atoms with E-state index in [1.807, 2.05) is 12.1 Å². The Labute approximate surface area is 165 Å². The standard InChI is InChI=1S/C21H28N6O/c1-16-13-26(19-3-2-17(12-22)27-20(19)4-8-24-27)15-18(28-16)14-25-10-6-21(7-11-25)5-9-23-21/h2-4,8,16,18,23H,5-7,9-11,13-15H2,1H3/t16-,18+/m1/s1. The maximum absolute atomic E-state index is 9.33. The molecule has 1 spiro atoms. The van der Waals surface area contributed by atoms with E-state index in [9.17, 15) is 5.26 Å². The number of rotatable bonds is 3. The number of morpholine rings is 1. The second kappa shape index (κ2) is 7.03. The van der Waals surface area contributed by atoms with Gasteiger partial charge in [-0.15, -0.1) is 0 Å². The minimum absolute atomic E-state index is 0.182. The van der Waals surface area contributed by atoms with Gasteiger partial charge in [-0.3, -0.25) is 0 Å². The van der Waals surface area contributed by atoms with Crippen LogP contribution < -0.4 is 10.2 Å². The Hall–Kier alpha value is -2.14. The zero-order valence-electron chi connectivity index (χ0n) is 16.5. The lowest BCUT2D eigenvalue weighted by atomic mass is 9.79. The summed E-state index contributed by atoms with van der Waals surface area (Å²) in [4.78, 5) is 4.97. The normalized spacial score (nSPS) is 27.6. The third-order valence-electron chi connectivity index (χ3n) is 6.69. The molecule has 0 aromatic carbocycles. The molecule has 3 aliphatic heterocycles. The van der Waals surface area contributed by atoms with Gasteiger partial charge < -0.3 is 19.9 Å². The Morgan fingerprint density at radius 1 is 1.25 bits per heavy atom. The number of pyridine rings is 1. The fourth-order valence-electron chi connectivity index (χ4n) is 5.05. The number of aromatic nitrogens is 2. The fraction of sp³-hybridized carbons (Fsp3) is 0.619. The summed E-state index contributed by atoms with van der Waals surface area (Å²) >= 11 is 0. The zero-order chi connectivity index (χ0) is 19.1. The minimum atomic E-state index is 0.182. The van der Waals surface area contributed by atoms with E-state index in [1.165, 1.54) is 25.8 Å². The SMILES string of the molecule is C[C@@H]1CN(c2ccc(C#N)n3nccc23)C[C@H](CN2CCC3(CCN3)CC2)O1. The van der Waals surface area contributed by atoms with Crippen LogP contribution in [0.25, 0.3) is 5.52 Å². The quantitative estimate of drug-likeness (QED) is 0.873. The average Bonchev–Trinajstić information content (AvgIpc) is 3.16. The van der Waals surface area contributed by atoms with Gasteiger partial charge in [-0.25, -0.2) is 4.52 Å². The van der Waals surface area contributed by atoms with Gasteiger partial charge in [0.1, 0.15) is 11.8 Å². The van der Waals surface area contributed by atoms with Crippen LogP contribution >= 0.6 is 0 Å². The molecular weight excluding hydrogens is 352 g/mol. The molecule has 3 aliphatic rings. The average molecular weight is 380 g/mol. The van der Waals surface area contributed by atoms with E-state index in [-0.39, 0.29) is 12.2 Å². The molecule has 7 nitrogen and oxygen atoms in total. The molecule has 5 heterocycles. The van der Waals surface area contributed by atoms with Gasteiger partial charge in [0, 0.05) is 25.2 Å². The van der Waals surface area contributed by atoms with Crippen molar-refractivity contribution in [2.45, 2.75) is 43.9 Å². The molecule has 3 fully saturated rings. The van der Waals surface area contributed by atoms with E-state index in [0.717, 1.165) is 43.9 Å². The monoisotopic (exact) mass is 380 g/mol. The first-order valence-electron chi connectivity index (χ1n) is 10.4. The smallest absolute Gasteiger partial charge is 0.142 e. The Kier molecular flexibility index (Phi) is 4.50. The summed E-state index contributed by atoms with van der Waals surface area (Å²) in [7, 11) is 0. The molecule has 0 amide bonds. The number of piperidine rings is 1. The summed E-state index contributed by atoms with van der Waals surface area (Å²) < 4.78 is 8.03. The van der Waals surface area contributed by atoms with Crippen molar-refractivity contribution in [2.75, 3.05) is 44.2 Å². The number of anilines is 1. The van der Waals surface area contributed by atoms with Crippen LogP contribution in [-0.4, -0.2) is 71.5 Å². The van der Waals surface area contributed by atoms with Crippen LogP contribution in [0.5, 0.6) is 0 Å². The summed E-state index contributed by atoms with van der Waals surface area (Å²) in [5.41, 5.74) is 3.13. The third-order valence-corrected chi connectivity index (χ3v) is 6.69. The van der Waals surface area contributed by atoms with Gasteiger partial charge in [0.25, 0.3) is 0 Å². The van der Waals surface area contributed by atoms with Gasteiger partial charge in [0.05, 0.1) is 29.6 Å². The highest BCUT2D eigenvalue weighted by Gasteiger charge is 2.40. The van der Waals surface area contributed by atoms with E-state index >= 15 is 0 Å². The highest BCUT2D eigenvalue weighted by atomic mass is 16.5. The van der Waals surface area contributed by atoms with Crippen molar-refractivity contribution in [3.63, 3.8) is 0 Å². The number of nitriles is 1. The lowest BCUT2D eigenvalue weighted by Crippen LogP contribution is -2.62. The van der Waals surface area contributed by atoms with E-state index < -0.39 is 0 Å². The topological polar surface area (TPSA) is 68.8 Å². The van der Waals surface area contributed by atoms with Crippen molar-refractivity contribution in [3.8, 4) is 6.07 Å². The molecular formula is C21H28N6O. The van der Waals surface area contributed by atoms with Gasteiger partial charge in [-0.2, -0.15) is 10.4 Å². The first-order chi connectivity index (χ1) is 13.7. The molecule has 7 heteroatoms. The summed E-state index contributed by atoms with van der Waals surface area (Å²) in [5.74, 6) is 0.